The van der Waals surface area contributed by atoms with Gasteiger partial charge in [-0.05, 0) is 24.6 Å². The average Bonchev–Trinajstić information content (AvgIpc) is 2.54. The van der Waals surface area contributed by atoms with Gasteiger partial charge in [0.05, 0.1) is 36.8 Å². The van der Waals surface area contributed by atoms with Crippen molar-refractivity contribution in [1.29, 1.82) is 0 Å². The summed E-state index contributed by atoms with van der Waals surface area (Å²) >= 11 is 6.28. The van der Waals surface area contributed by atoms with Gasteiger partial charge in [0.2, 0.25) is 0 Å². The molecule has 0 N–H and O–H groups in total. The first kappa shape index (κ1) is 16.2. The molecule has 0 aliphatic rings. The number of unbranched alkanes of at least 4 members (excludes halogenated alkanes) is 1. The van der Waals surface area contributed by atoms with Crippen molar-refractivity contribution in [2.45, 2.75) is 19.8 Å². The number of rotatable bonds is 6. The maximum atomic E-state index is 11.5. The maximum Gasteiger partial charge on any atom is 0.358 e. The Bertz CT molecular complexity index is 662. The standard InChI is InChI=1S/C16H17ClN2O3/c1-3-4-7-22-11-5-6-12(13(17)8-11)14-9-18-10-15(19-14)16(20)21-2/h5-6,8-10H,3-4,7H2,1-2H3. The fraction of sp³-hybridized carbons (Fsp3) is 0.312. The quantitative estimate of drug-likeness (QED) is 0.599. The summed E-state index contributed by atoms with van der Waals surface area (Å²) in [6.45, 7) is 2.76. The summed E-state index contributed by atoms with van der Waals surface area (Å²) in [7, 11) is 1.30. The molecule has 1 aromatic heterocycles. The number of nitrogens with zero attached hydrogens (tertiary/aromatic N) is 2. The van der Waals surface area contributed by atoms with E-state index in [4.69, 9.17) is 16.3 Å². The van der Waals surface area contributed by atoms with Gasteiger partial charge in [0.1, 0.15) is 5.75 Å². The Labute approximate surface area is 134 Å². The second-order valence-corrected chi connectivity index (χ2v) is 5.03. The Morgan fingerprint density at radius 1 is 1.32 bits per heavy atom. The molecule has 6 heteroatoms. The van der Waals surface area contributed by atoms with Crippen molar-refractivity contribution in [2.75, 3.05) is 13.7 Å². The molecule has 1 aromatic carbocycles. The van der Waals surface area contributed by atoms with Gasteiger partial charge < -0.3 is 9.47 Å². The predicted octanol–water partition coefficient (Wildman–Crippen LogP) is 3.76. The van der Waals surface area contributed by atoms with Crippen molar-refractivity contribution in [3.05, 3.63) is 41.3 Å². The van der Waals surface area contributed by atoms with Gasteiger partial charge in [-0.15, -0.1) is 0 Å². The molecule has 0 saturated carbocycles. The lowest BCUT2D eigenvalue weighted by Gasteiger charge is -2.09. The van der Waals surface area contributed by atoms with Crippen molar-refractivity contribution >= 4 is 17.6 Å². The van der Waals surface area contributed by atoms with Gasteiger partial charge in [-0.3, -0.25) is 4.98 Å². The first-order valence-electron chi connectivity index (χ1n) is 6.98. The zero-order valence-electron chi connectivity index (χ0n) is 12.5. The maximum absolute atomic E-state index is 11.5. The number of carbonyl (C=O) groups is 1. The number of esters is 1. The van der Waals surface area contributed by atoms with Crippen LogP contribution in [0.2, 0.25) is 5.02 Å². The second-order valence-electron chi connectivity index (χ2n) is 4.62. The highest BCUT2D eigenvalue weighted by Crippen LogP contribution is 2.30. The van der Waals surface area contributed by atoms with Crippen LogP contribution in [0, 0.1) is 0 Å². The van der Waals surface area contributed by atoms with E-state index in [1.165, 1.54) is 13.3 Å². The molecule has 0 radical (unpaired) electrons. The summed E-state index contributed by atoms with van der Waals surface area (Å²) in [5.41, 5.74) is 1.33. The lowest BCUT2D eigenvalue weighted by molar-refractivity contribution is 0.0593. The first-order valence-corrected chi connectivity index (χ1v) is 7.36. The van der Waals surface area contributed by atoms with Gasteiger partial charge in [0.15, 0.2) is 5.69 Å². The van der Waals surface area contributed by atoms with Gasteiger partial charge >= 0.3 is 5.97 Å². The van der Waals surface area contributed by atoms with Crippen LogP contribution in [-0.2, 0) is 4.74 Å². The molecule has 2 rings (SSSR count). The Balaban J connectivity index is 2.24. The number of halogens is 1. The van der Waals surface area contributed by atoms with Crippen LogP contribution < -0.4 is 4.74 Å². The predicted molar refractivity (Wildman–Crippen MR) is 84.2 cm³/mol. The third-order valence-corrected chi connectivity index (χ3v) is 3.32. The molecule has 0 amide bonds. The summed E-state index contributed by atoms with van der Waals surface area (Å²) in [6.07, 6.45) is 4.96. The topological polar surface area (TPSA) is 61.3 Å². The van der Waals surface area contributed by atoms with E-state index in [2.05, 4.69) is 21.6 Å². The van der Waals surface area contributed by atoms with E-state index in [1.54, 1.807) is 18.3 Å². The molecule has 0 saturated heterocycles. The molecule has 0 aliphatic heterocycles. The molecule has 116 valence electrons. The van der Waals surface area contributed by atoms with E-state index in [1.807, 2.05) is 6.07 Å². The van der Waals surface area contributed by atoms with Crippen LogP contribution in [-0.4, -0.2) is 29.7 Å². The monoisotopic (exact) mass is 320 g/mol. The third kappa shape index (κ3) is 3.95. The average molecular weight is 321 g/mol. The highest BCUT2D eigenvalue weighted by molar-refractivity contribution is 6.33. The summed E-state index contributed by atoms with van der Waals surface area (Å²) in [5.74, 6) is 0.171. The summed E-state index contributed by atoms with van der Waals surface area (Å²) in [5, 5.41) is 0.491. The Kier molecular flexibility index (Phi) is 5.72. The molecule has 0 spiro atoms. The smallest absolute Gasteiger partial charge is 0.358 e. The lowest BCUT2D eigenvalue weighted by Crippen LogP contribution is -2.05. The molecule has 0 fully saturated rings. The van der Waals surface area contributed by atoms with Crippen LogP contribution in [0.1, 0.15) is 30.3 Å². The zero-order chi connectivity index (χ0) is 15.9. The molecule has 5 nitrogen and oxygen atoms in total. The Hall–Kier alpha value is -2.14. The minimum Gasteiger partial charge on any atom is -0.494 e. The van der Waals surface area contributed by atoms with E-state index in [-0.39, 0.29) is 5.69 Å². The van der Waals surface area contributed by atoms with E-state index in [9.17, 15) is 4.79 Å². The summed E-state index contributed by atoms with van der Waals surface area (Å²) in [6, 6.07) is 5.36. The SMILES string of the molecule is CCCCOc1ccc(-c2cncc(C(=O)OC)n2)c(Cl)c1. The van der Waals surface area contributed by atoms with Crippen LogP contribution >= 0.6 is 11.6 Å². The van der Waals surface area contributed by atoms with Gasteiger partial charge in [0, 0.05) is 5.56 Å². The molecule has 0 aliphatic carbocycles. The van der Waals surface area contributed by atoms with Crippen molar-refractivity contribution < 1.29 is 14.3 Å². The van der Waals surface area contributed by atoms with Gasteiger partial charge in [0.25, 0.3) is 0 Å². The highest BCUT2D eigenvalue weighted by Gasteiger charge is 2.12. The number of ether oxygens (including phenoxy) is 2. The fourth-order valence-electron chi connectivity index (χ4n) is 1.83. The Morgan fingerprint density at radius 3 is 2.82 bits per heavy atom. The van der Waals surface area contributed by atoms with E-state index < -0.39 is 5.97 Å². The number of benzene rings is 1. The third-order valence-electron chi connectivity index (χ3n) is 3.01. The number of methoxy groups -OCH3 is 1. The number of hydrogen-bond donors (Lipinski definition) is 0. The van der Waals surface area contributed by atoms with Gasteiger partial charge in [-0.25, -0.2) is 9.78 Å². The Morgan fingerprint density at radius 2 is 2.14 bits per heavy atom. The first-order chi connectivity index (χ1) is 10.7. The normalized spacial score (nSPS) is 10.3. The number of carbonyl (C=O) groups excluding carboxylic acids is 1. The lowest BCUT2D eigenvalue weighted by atomic mass is 10.1. The fourth-order valence-corrected chi connectivity index (χ4v) is 2.09. The van der Waals surface area contributed by atoms with E-state index >= 15 is 0 Å². The molecule has 0 atom stereocenters. The minimum atomic E-state index is -0.537. The molecule has 22 heavy (non-hydrogen) atoms. The van der Waals surface area contributed by atoms with E-state index in [0.29, 0.717) is 28.6 Å². The van der Waals surface area contributed by atoms with Crippen LogP contribution in [0.5, 0.6) is 5.75 Å². The molecule has 0 bridgehead atoms. The van der Waals surface area contributed by atoms with Crippen LogP contribution in [0.25, 0.3) is 11.3 Å². The number of hydrogen-bond acceptors (Lipinski definition) is 5. The molecular weight excluding hydrogens is 304 g/mol. The van der Waals surface area contributed by atoms with Crippen molar-refractivity contribution in [1.82, 2.24) is 9.97 Å². The summed E-state index contributed by atoms with van der Waals surface area (Å²) < 4.78 is 10.2. The van der Waals surface area contributed by atoms with E-state index in [0.717, 1.165) is 12.8 Å². The largest absolute Gasteiger partial charge is 0.494 e. The second kappa shape index (κ2) is 7.75. The summed E-state index contributed by atoms with van der Waals surface area (Å²) in [4.78, 5) is 19.7. The number of aromatic nitrogens is 2. The van der Waals surface area contributed by atoms with Gasteiger partial charge in [-0.1, -0.05) is 24.9 Å². The van der Waals surface area contributed by atoms with Crippen molar-refractivity contribution in [3.63, 3.8) is 0 Å². The highest BCUT2D eigenvalue weighted by atomic mass is 35.5. The molecular formula is C16H17ClN2O3. The van der Waals surface area contributed by atoms with Crippen LogP contribution in [0.15, 0.2) is 30.6 Å². The van der Waals surface area contributed by atoms with Crippen molar-refractivity contribution in [3.8, 4) is 17.0 Å². The van der Waals surface area contributed by atoms with Crippen LogP contribution in [0.3, 0.4) is 0 Å². The molecule has 1 heterocycles. The van der Waals surface area contributed by atoms with Gasteiger partial charge in [-0.2, -0.15) is 0 Å². The van der Waals surface area contributed by atoms with Crippen molar-refractivity contribution in [2.24, 2.45) is 0 Å². The molecule has 0 unspecified atom stereocenters. The zero-order valence-corrected chi connectivity index (χ0v) is 13.3. The molecule has 2 aromatic rings. The minimum absolute atomic E-state index is 0.138. The van der Waals surface area contributed by atoms with Crippen LogP contribution in [0.4, 0.5) is 0 Å².